The first-order chi connectivity index (χ1) is 9.67. The van der Waals surface area contributed by atoms with Crippen LogP contribution in [-0.2, 0) is 0 Å². The summed E-state index contributed by atoms with van der Waals surface area (Å²) >= 11 is 0. The van der Waals surface area contributed by atoms with E-state index in [-0.39, 0.29) is 0 Å². The van der Waals surface area contributed by atoms with Crippen LogP contribution in [0.4, 0.5) is 0 Å². The van der Waals surface area contributed by atoms with Crippen molar-refractivity contribution in [2.45, 2.75) is 45.1 Å². The van der Waals surface area contributed by atoms with Crippen LogP contribution in [0.5, 0.6) is 0 Å². The first-order valence-corrected chi connectivity index (χ1v) is 7.14. The zero-order chi connectivity index (χ0) is 14.1. The lowest BCUT2D eigenvalue weighted by atomic mass is 10.0. The van der Waals surface area contributed by atoms with Gasteiger partial charge >= 0.3 is 0 Å². The molecule has 0 aromatic carbocycles. The first-order valence-electron chi connectivity index (χ1n) is 7.14. The number of rotatable bonds is 3. The monoisotopic (exact) mass is 272 g/mol. The summed E-state index contributed by atoms with van der Waals surface area (Å²) in [6.45, 7) is 3.96. The van der Waals surface area contributed by atoms with E-state index in [9.17, 15) is 0 Å². The Morgan fingerprint density at radius 3 is 2.60 bits per heavy atom. The summed E-state index contributed by atoms with van der Waals surface area (Å²) < 4.78 is 5.49. The van der Waals surface area contributed by atoms with E-state index in [0.717, 1.165) is 29.3 Å². The van der Waals surface area contributed by atoms with E-state index in [1.54, 1.807) is 0 Å². The van der Waals surface area contributed by atoms with Crippen molar-refractivity contribution >= 4 is 0 Å². The Hall–Kier alpha value is -1.75. The number of pyridine rings is 1. The van der Waals surface area contributed by atoms with Crippen molar-refractivity contribution in [2.75, 3.05) is 7.05 Å². The van der Waals surface area contributed by atoms with E-state index in [0.29, 0.717) is 17.8 Å². The molecule has 2 aromatic rings. The van der Waals surface area contributed by atoms with Crippen LogP contribution in [0.15, 0.2) is 16.7 Å². The second kappa shape index (κ2) is 5.32. The van der Waals surface area contributed by atoms with E-state index in [2.05, 4.69) is 20.4 Å². The Bertz CT molecular complexity index is 587. The van der Waals surface area contributed by atoms with Gasteiger partial charge < -0.3 is 9.84 Å². The van der Waals surface area contributed by atoms with Crippen molar-refractivity contribution in [2.24, 2.45) is 0 Å². The van der Waals surface area contributed by atoms with Crippen LogP contribution in [0.25, 0.3) is 11.4 Å². The third-order valence-electron chi connectivity index (χ3n) is 3.99. The van der Waals surface area contributed by atoms with E-state index >= 15 is 0 Å². The molecule has 1 aliphatic rings. The molecule has 0 amide bonds. The average Bonchev–Trinajstić information content (AvgIpc) is 3.06. The summed E-state index contributed by atoms with van der Waals surface area (Å²) in [6, 6.07) is 4.43. The molecule has 0 radical (unpaired) electrons. The average molecular weight is 272 g/mol. The van der Waals surface area contributed by atoms with Gasteiger partial charge in [-0.15, -0.1) is 0 Å². The van der Waals surface area contributed by atoms with E-state index < -0.39 is 0 Å². The largest absolute Gasteiger partial charge is 0.339 e. The van der Waals surface area contributed by atoms with Gasteiger partial charge in [0.05, 0.1) is 5.92 Å². The summed E-state index contributed by atoms with van der Waals surface area (Å²) in [7, 11) is 2.00. The Balaban J connectivity index is 1.90. The van der Waals surface area contributed by atoms with Crippen LogP contribution < -0.4 is 5.32 Å². The Kier molecular flexibility index (Phi) is 3.53. The molecule has 106 valence electrons. The summed E-state index contributed by atoms with van der Waals surface area (Å²) in [5.74, 6) is 1.75. The number of hydrogen-bond donors (Lipinski definition) is 1. The van der Waals surface area contributed by atoms with Gasteiger partial charge in [-0.2, -0.15) is 4.98 Å². The Morgan fingerprint density at radius 2 is 1.90 bits per heavy atom. The number of likely N-dealkylation sites (N-methyl/N-ethyl adjacent to an activating group) is 1. The van der Waals surface area contributed by atoms with Gasteiger partial charge in [-0.05, 0) is 45.9 Å². The van der Waals surface area contributed by atoms with E-state index in [1.165, 1.54) is 12.8 Å². The molecule has 1 aliphatic carbocycles. The molecule has 5 nitrogen and oxygen atoms in total. The maximum atomic E-state index is 5.49. The molecule has 0 aliphatic heterocycles. The molecule has 2 unspecified atom stereocenters. The van der Waals surface area contributed by atoms with Crippen molar-refractivity contribution in [3.8, 4) is 11.4 Å². The number of hydrogen-bond acceptors (Lipinski definition) is 5. The molecule has 5 heteroatoms. The van der Waals surface area contributed by atoms with E-state index in [4.69, 9.17) is 4.52 Å². The molecule has 3 rings (SSSR count). The van der Waals surface area contributed by atoms with Gasteiger partial charge in [0, 0.05) is 23.0 Å². The molecule has 0 saturated heterocycles. The van der Waals surface area contributed by atoms with Crippen molar-refractivity contribution in [1.29, 1.82) is 0 Å². The second-order valence-corrected chi connectivity index (χ2v) is 5.53. The lowest BCUT2D eigenvalue weighted by Gasteiger charge is -2.14. The SMILES string of the molecule is CNC1CCCC1c1nc(-c2cc(C)nc(C)c2)no1. The predicted molar refractivity (Wildman–Crippen MR) is 76.4 cm³/mol. The minimum atomic E-state index is 0.338. The van der Waals surface area contributed by atoms with Crippen LogP contribution >= 0.6 is 0 Å². The lowest BCUT2D eigenvalue weighted by Crippen LogP contribution is -2.27. The summed E-state index contributed by atoms with van der Waals surface area (Å²) in [4.78, 5) is 8.97. The molecule has 20 heavy (non-hydrogen) atoms. The fourth-order valence-corrected chi connectivity index (χ4v) is 3.07. The fraction of sp³-hybridized carbons (Fsp3) is 0.533. The molecular weight excluding hydrogens is 252 g/mol. The summed E-state index contributed by atoms with van der Waals surface area (Å²) in [6.07, 6.45) is 3.50. The van der Waals surface area contributed by atoms with Crippen molar-refractivity contribution < 1.29 is 4.52 Å². The van der Waals surface area contributed by atoms with Crippen LogP contribution in [0.2, 0.25) is 0 Å². The van der Waals surface area contributed by atoms with Gasteiger partial charge in [0.2, 0.25) is 11.7 Å². The highest BCUT2D eigenvalue weighted by atomic mass is 16.5. The number of nitrogens with one attached hydrogen (secondary N) is 1. The Labute approximate surface area is 118 Å². The van der Waals surface area contributed by atoms with Gasteiger partial charge in [0.15, 0.2) is 0 Å². The Morgan fingerprint density at radius 1 is 1.15 bits per heavy atom. The standard InChI is InChI=1S/C15H20N4O/c1-9-7-11(8-10(2)17-9)14-18-15(20-19-14)12-5-4-6-13(12)16-3/h7-8,12-13,16H,4-6H2,1-3H3. The minimum absolute atomic E-state index is 0.338. The number of nitrogens with zero attached hydrogens (tertiary/aromatic N) is 3. The zero-order valence-electron chi connectivity index (χ0n) is 12.2. The third kappa shape index (κ3) is 2.45. The lowest BCUT2D eigenvalue weighted by molar-refractivity contribution is 0.335. The highest BCUT2D eigenvalue weighted by Crippen LogP contribution is 2.34. The maximum absolute atomic E-state index is 5.49. The zero-order valence-corrected chi connectivity index (χ0v) is 12.2. The van der Waals surface area contributed by atoms with Gasteiger partial charge in [-0.1, -0.05) is 11.6 Å². The molecule has 0 spiro atoms. The highest BCUT2D eigenvalue weighted by molar-refractivity contribution is 5.55. The number of aryl methyl sites for hydroxylation is 2. The third-order valence-corrected chi connectivity index (χ3v) is 3.99. The predicted octanol–water partition coefficient (Wildman–Crippen LogP) is 2.60. The molecule has 1 fully saturated rings. The van der Waals surface area contributed by atoms with Gasteiger partial charge in [0.1, 0.15) is 0 Å². The quantitative estimate of drug-likeness (QED) is 0.930. The molecule has 2 heterocycles. The van der Waals surface area contributed by atoms with Crippen LogP contribution in [0.1, 0.15) is 42.5 Å². The van der Waals surface area contributed by atoms with Crippen LogP contribution in [-0.4, -0.2) is 28.2 Å². The van der Waals surface area contributed by atoms with Crippen LogP contribution in [0, 0.1) is 13.8 Å². The van der Waals surface area contributed by atoms with E-state index in [1.807, 2.05) is 33.0 Å². The van der Waals surface area contributed by atoms with Crippen molar-refractivity contribution in [3.63, 3.8) is 0 Å². The minimum Gasteiger partial charge on any atom is -0.339 e. The molecule has 0 bridgehead atoms. The number of aromatic nitrogens is 3. The van der Waals surface area contributed by atoms with Gasteiger partial charge in [-0.25, -0.2) is 0 Å². The molecule has 2 atom stereocenters. The molecule has 2 aromatic heterocycles. The first kappa shape index (κ1) is 13.2. The van der Waals surface area contributed by atoms with Crippen LogP contribution in [0.3, 0.4) is 0 Å². The van der Waals surface area contributed by atoms with Gasteiger partial charge in [0.25, 0.3) is 0 Å². The summed E-state index contributed by atoms with van der Waals surface area (Å²) in [5.41, 5.74) is 2.92. The summed E-state index contributed by atoms with van der Waals surface area (Å²) in [5, 5.41) is 7.48. The molecular formula is C15H20N4O. The van der Waals surface area contributed by atoms with Gasteiger partial charge in [-0.3, -0.25) is 4.98 Å². The highest BCUT2D eigenvalue weighted by Gasteiger charge is 2.31. The van der Waals surface area contributed by atoms with Crippen molar-refractivity contribution in [3.05, 3.63) is 29.4 Å². The molecule has 1 N–H and O–H groups in total. The second-order valence-electron chi connectivity index (χ2n) is 5.53. The fourth-order valence-electron chi connectivity index (χ4n) is 3.07. The molecule has 1 saturated carbocycles. The van der Waals surface area contributed by atoms with Crippen molar-refractivity contribution in [1.82, 2.24) is 20.4 Å². The smallest absolute Gasteiger partial charge is 0.231 e. The topological polar surface area (TPSA) is 63.8 Å². The maximum Gasteiger partial charge on any atom is 0.231 e. The normalized spacial score (nSPS) is 22.4.